The van der Waals surface area contributed by atoms with Gasteiger partial charge in [-0.3, -0.25) is 14.5 Å². The van der Waals surface area contributed by atoms with Gasteiger partial charge in [-0.15, -0.1) is 0 Å². The first kappa shape index (κ1) is 14.0. The van der Waals surface area contributed by atoms with Crippen molar-refractivity contribution >= 4 is 5.91 Å². The number of aromatic nitrogens is 4. The lowest BCUT2D eigenvalue weighted by atomic mass is 10.1. The summed E-state index contributed by atoms with van der Waals surface area (Å²) < 4.78 is 6.66. The van der Waals surface area contributed by atoms with Crippen molar-refractivity contribution in [3.8, 4) is 11.3 Å². The maximum Gasteiger partial charge on any atom is 0.273 e. The van der Waals surface area contributed by atoms with E-state index in [9.17, 15) is 4.79 Å². The molecule has 3 aromatic heterocycles. The van der Waals surface area contributed by atoms with Gasteiger partial charge in [-0.1, -0.05) is 5.16 Å². The first-order valence-corrected chi connectivity index (χ1v) is 6.77. The van der Waals surface area contributed by atoms with Gasteiger partial charge in [0.1, 0.15) is 5.76 Å². The first-order chi connectivity index (χ1) is 10.6. The summed E-state index contributed by atoms with van der Waals surface area (Å²) >= 11 is 0. The lowest BCUT2D eigenvalue weighted by Gasteiger charge is -2.06. The molecule has 0 spiro atoms. The van der Waals surface area contributed by atoms with Crippen LogP contribution in [-0.2, 0) is 13.6 Å². The molecular weight excluding hydrogens is 282 g/mol. The van der Waals surface area contributed by atoms with Crippen molar-refractivity contribution in [2.75, 3.05) is 0 Å². The molecular formula is C15H15N5O2. The second-order valence-corrected chi connectivity index (χ2v) is 4.93. The highest BCUT2D eigenvalue weighted by Crippen LogP contribution is 2.18. The van der Waals surface area contributed by atoms with Crippen molar-refractivity contribution in [3.05, 3.63) is 53.8 Å². The van der Waals surface area contributed by atoms with Crippen LogP contribution in [-0.4, -0.2) is 25.8 Å². The minimum atomic E-state index is -0.275. The van der Waals surface area contributed by atoms with Crippen LogP contribution in [0.3, 0.4) is 0 Å². The number of carbonyl (C=O) groups excluding carboxylic acids is 1. The van der Waals surface area contributed by atoms with Crippen LogP contribution in [0.2, 0.25) is 0 Å². The Labute approximate surface area is 127 Å². The van der Waals surface area contributed by atoms with Crippen LogP contribution in [0.1, 0.15) is 21.8 Å². The molecule has 7 heteroatoms. The number of hydrogen-bond donors (Lipinski definition) is 1. The zero-order chi connectivity index (χ0) is 15.5. The average Bonchev–Trinajstić information content (AvgIpc) is 3.13. The van der Waals surface area contributed by atoms with Crippen molar-refractivity contribution in [2.45, 2.75) is 13.5 Å². The molecule has 0 radical (unpaired) electrons. The van der Waals surface area contributed by atoms with Gasteiger partial charge in [-0.2, -0.15) is 5.10 Å². The predicted octanol–water partition coefficient (Wildman–Crippen LogP) is 1.71. The van der Waals surface area contributed by atoms with Gasteiger partial charge in [0, 0.05) is 43.8 Å². The van der Waals surface area contributed by atoms with Gasteiger partial charge < -0.3 is 9.84 Å². The third kappa shape index (κ3) is 2.88. The highest BCUT2D eigenvalue weighted by atomic mass is 16.5. The Balaban J connectivity index is 1.71. The lowest BCUT2D eigenvalue weighted by molar-refractivity contribution is 0.0942. The summed E-state index contributed by atoms with van der Waals surface area (Å²) in [7, 11) is 1.87. The van der Waals surface area contributed by atoms with Crippen LogP contribution in [0.5, 0.6) is 0 Å². The molecule has 3 heterocycles. The number of nitrogens with one attached hydrogen (secondary N) is 1. The summed E-state index contributed by atoms with van der Waals surface area (Å²) in [5.74, 6) is 0.327. The summed E-state index contributed by atoms with van der Waals surface area (Å²) in [6, 6.07) is 5.48. The van der Waals surface area contributed by atoms with E-state index in [1.807, 2.05) is 19.2 Å². The van der Waals surface area contributed by atoms with E-state index in [2.05, 4.69) is 20.6 Å². The Bertz CT molecular complexity index is 806. The third-order valence-electron chi connectivity index (χ3n) is 3.23. The summed E-state index contributed by atoms with van der Waals surface area (Å²) in [5.41, 5.74) is 3.08. The molecule has 0 aliphatic heterocycles. The summed E-state index contributed by atoms with van der Waals surface area (Å²) in [5, 5.41) is 10.6. The monoisotopic (exact) mass is 297 g/mol. The van der Waals surface area contributed by atoms with E-state index in [0.717, 1.165) is 16.8 Å². The van der Waals surface area contributed by atoms with Crippen molar-refractivity contribution in [1.29, 1.82) is 0 Å². The van der Waals surface area contributed by atoms with Gasteiger partial charge in [0.05, 0.1) is 5.69 Å². The minimum absolute atomic E-state index is 0.272. The molecule has 3 rings (SSSR count). The van der Waals surface area contributed by atoms with Gasteiger partial charge in [0.25, 0.3) is 5.91 Å². The second-order valence-electron chi connectivity index (χ2n) is 4.93. The second kappa shape index (κ2) is 5.80. The Kier molecular flexibility index (Phi) is 3.69. The largest absolute Gasteiger partial charge is 0.361 e. The van der Waals surface area contributed by atoms with E-state index in [1.54, 1.807) is 36.3 Å². The van der Waals surface area contributed by atoms with Gasteiger partial charge in [-0.05, 0) is 24.6 Å². The van der Waals surface area contributed by atoms with Crippen molar-refractivity contribution in [2.24, 2.45) is 7.05 Å². The standard InChI is InChI=1S/C15H15N5O2/c1-10-5-13(19-22-10)15(21)17-8-11-6-12(9-16-7-11)14-3-4-18-20(14)2/h3-7,9H,8H2,1-2H3,(H,17,21). The molecule has 0 aromatic carbocycles. The summed E-state index contributed by atoms with van der Waals surface area (Å²) in [4.78, 5) is 16.1. The molecule has 3 aromatic rings. The predicted molar refractivity (Wildman–Crippen MR) is 78.8 cm³/mol. The van der Waals surface area contributed by atoms with E-state index >= 15 is 0 Å². The zero-order valence-corrected chi connectivity index (χ0v) is 12.3. The van der Waals surface area contributed by atoms with E-state index < -0.39 is 0 Å². The molecule has 0 unspecified atom stereocenters. The van der Waals surface area contributed by atoms with E-state index in [1.165, 1.54) is 0 Å². The Morgan fingerprint density at radius 2 is 2.23 bits per heavy atom. The molecule has 0 aliphatic rings. The number of hydrogen-bond acceptors (Lipinski definition) is 5. The molecule has 0 bridgehead atoms. The number of rotatable bonds is 4. The van der Waals surface area contributed by atoms with Gasteiger partial charge in [0.2, 0.25) is 0 Å². The highest BCUT2D eigenvalue weighted by Gasteiger charge is 2.11. The SMILES string of the molecule is Cc1cc(C(=O)NCc2cncc(-c3ccnn3C)c2)no1. The normalized spacial score (nSPS) is 10.6. The summed E-state index contributed by atoms with van der Waals surface area (Å²) in [6.45, 7) is 2.11. The Morgan fingerprint density at radius 3 is 2.91 bits per heavy atom. The third-order valence-corrected chi connectivity index (χ3v) is 3.23. The molecule has 22 heavy (non-hydrogen) atoms. The molecule has 0 saturated heterocycles. The van der Waals surface area contributed by atoms with Crippen LogP contribution in [0.4, 0.5) is 0 Å². The summed E-state index contributed by atoms with van der Waals surface area (Å²) in [6.07, 6.45) is 5.22. The molecule has 0 atom stereocenters. The van der Waals surface area contributed by atoms with Crippen LogP contribution in [0.25, 0.3) is 11.3 Å². The van der Waals surface area contributed by atoms with Crippen LogP contribution < -0.4 is 5.32 Å². The zero-order valence-electron chi connectivity index (χ0n) is 12.3. The number of nitrogens with zero attached hydrogens (tertiary/aromatic N) is 4. The van der Waals surface area contributed by atoms with Gasteiger partial charge in [0.15, 0.2) is 5.69 Å². The van der Waals surface area contributed by atoms with Crippen molar-refractivity contribution < 1.29 is 9.32 Å². The van der Waals surface area contributed by atoms with E-state index in [-0.39, 0.29) is 11.6 Å². The maximum atomic E-state index is 11.9. The lowest BCUT2D eigenvalue weighted by Crippen LogP contribution is -2.23. The molecule has 7 nitrogen and oxygen atoms in total. The topological polar surface area (TPSA) is 85.8 Å². The molecule has 1 amide bonds. The van der Waals surface area contributed by atoms with Crippen molar-refractivity contribution in [1.82, 2.24) is 25.2 Å². The fraction of sp³-hybridized carbons (Fsp3) is 0.200. The first-order valence-electron chi connectivity index (χ1n) is 6.77. The molecule has 0 saturated carbocycles. The van der Waals surface area contributed by atoms with Crippen LogP contribution in [0.15, 0.2) is 41.3 Å². The molecule has 112 valence electrons. The van der Waals surface area contributed by atoms with E-state index in [4.69, 9.17) is 4.52 Å². The van der Waals surface area contributed by atoms with Crippen LogP contribution in [0, 0.1) is 6.92 Å². The maximum absolute atomic E-state index is 11.9. The average molecular weight is 297 g/mol. The fourth-order valence-corrected chi connectivity index (χ4v) is 2.13. The molecule has 1 N–H and O–H groups in total. The smallest absolute Gasteiger partial charge is 0.273 e. The number of pyridine rings is 1. The van der Waals surface area contributed by atoms with Crippen LogP contribution >= 0.6 is 0 Å². The highest BCUT2D eigenvalue weighted by molar-refractivity contribution is 5.92. The quantitative estimate of drug-likeness (QED) is 0.792. The van der Waals surface area contributed by atoms with Gasteiger partial charge in [-0.25, -0.2) is 0 Å². The number of aryl methyl sites for hydroxylation is 2. The number of amides is 1. The fourth-order valence-electron chi connectivity index (χ4n) is 2.13. The Morgan fingerprint density at radius 1 is 1.36 bits per heavy atom. The van der Waals surface area contributed by atoms with Gasteiger partial charge >= 0.3 is 0 Å². The Hall–Kier alpha value is -2.96. The molecule has 0 aliphatic carbocycles. The molecule has 0 fully saturated rings. The minimum Gasteiger partial charge on any atom is -0.361 e. The van der Waals surface area contributed by atoms with Crippen molar-refractivity contribution in [3.63, 3.8) is 0 Å². The van der Waals surface area contributed by atoms with E-state index in [0.29, 0.717) is 12.3 Å². The number of carbonyl (C=O) groups is 1.